The minimum Gasteiger partial charge on any atom is -0.756 e. The number of likely N-dealkylation sites (N-methyl/N-ethyl adjacent to an activating group) is 1. The number of phosphoric ester groups is 1. The fourth-order valence-corrected chi connectivity index (χ4v) is 9.45. The van der Waals surface area contributed by atoms with Gasteiger partial charge in [0.2, 0.25) is 5.91 Å². The Bertz CT molecular complexity index is 1540. The number of phosphoric acid groups is 1. The molecule has 3 atom stereocenters. The maximum atomic E-state index is 13.0. The Morgan fingerprint density at radius 3 is 1.19 bits per heavy atom. The molecule has 2 N–H and O–H groups in total. The van der Waals surface area contributed by atoms with Gasteiger partial charge in [-0.1, -0.05) is 278 Å². The largest absolute Gasteiger partial charge is 0.756 e. The van der Waals surface area contributed by atoms with Crippen molar-refractivity contribution in [1.82, 2.24) is 5.32 Å². The van der Waals surface area contributed by atoms with Crippen molar-refractivity contribution in [2.45, 2.75) is 276 Å². The number of quaternary nitrogens is 1. The molecule has 0 saturated carbocycles. The zero-order valence-corrected chi connectivity index (χ0v) is 50.4. The van der Waals surface area contributed by atoms with Gasteiger partial charge < -0.3 is 28.8 Å². The SMILES string of the molecule is CC/C=C\C/C=C\C/C=C\C/C=C\C/C=C\C/C=C\C/C=C\CCCCCCCCCCCCCCCCCC(=O)NC(COP(=O)([O-])OCC[N+](C)(C)C)C(O)/C=C/CCCCCCCCCCCCCCCC. The van der Waals surface area contributed by atoms with E-state index in [9.17, 15) is 19.4 Å². The van der Waals surface area contributed by atoms with Crippen LogP contribution in [0.25, 0.3) is 0 Å². The lowest BCUT2D eigenvalue weighted by molar-refractivity contribution is -0.870. The van der Waals surface area contributed by atoms with Gasteiger partial charge in [0.15, 0.2) is 0 Å². The number of allylic oxidation sites excluding steroid dienone is 15. The van der Waals surface area contributed by atoms with Gasteiger partial charge >= 0.3 is 0 Å². The first kappa shape index (κ1) is 72.4. The van der Waals surface area contributed by atoms with Crippen LogP contribution in [-0.2, 0) is 18.4 Å². The number of amides is 1. The van der Waals surface area contributed by atoms with Gasteiger partial charge in [0.1, 0.15) is 13.2 Å². The Labute approximate surface area is 464 Å². The van der Waals surface area contributed by atoms with Crippen LogP contribution in [0.15, 0.2) is 97.2 Å². The molecule has 0 aromatic heterocycles. The fourth-order valence-electron chi connectivity index (χ4n) is 8.72. The summed E-state index contributed by atoms with van der Waals surface area (Å²) in [7, 11) is 1.26. The van der Waals surface area contributed by atoms with Crippen LogP contribution in [0.4, 0.5) is 0 Å². The van der Waals surface area contributed by atoms with Gasteiger partial charge in [-0.05, 0) is 77.0 Å². The van der Waals surface area contributed by atoms with Gasteiger partial charge in [0.05, 0.1) is 39.9 Å². The molecule has 434 valence electrons. The highest BCUT2D eigenvalue weighted by Crippen LogP contribution is 2.38. The first-order valence-electron chi connectivity index (χ1n) is 31.1. The molecule has 1 amide bonds. The van der Waals surface area contributed by atoms with E-state index in [1.165, 1.54) is 161 Å². The predicted octanol–water partition coefficient (Wildman–Crippen LogP) is 18.7. The second kappa shape index (κ2) is 56.2. The Morgan fingerprint density at radius 2 is 0.813 bits per heavy atom. The molecule has 0 radical (unpaired) electrons. The van der Waals surface area contributed by atoms with E-state index in [0.717, 1.165) is 83.5 Å². The molecular formula is C66H119N2O6P. The monoisotopic (exact) mass is 1070 g/mol. The summed E-state index contributed by atoms with van der Waals surface area (Å²) in [6.07, 6.45) is 80.7. The smallest absolute Gasteiger partial charge is 0.268 e. The van der Waals surface area contributed by atoms with Crippen LogP contribution in [0.1, 0.15) is 264 Å². The summed E-state index contributed by atoms with van der Waals surface area (Å²) in [5.74, 6) is -0.199. The summed E-state index contributed by atoms with van der Waals surface area (Å²) in [6, 6.07) is -0.891. The van der Waals surface area contributed by atoms with Crippen LogP contribution in [0.3, 0.4) is 0 Å². The molecule has 0 saturated heterocycles. The third-order valence-corrected chi connectivity index (χ3v) is 14.5. The Morgan fingerprint density at radius 1 is 0.480 bits per heavy atom. The number of carbonyl (C=O) groups is 1. The van der Waals surface area contributed by atoms with E-state index in [2.05, 4.69) is 104 Å². The first-order chi connectivity index (χ1) is 36.5. The molecule has 0 aromatic rings. The highest BCUT2D eigenvalue weighted by atomic mass is 31.2. The molecule has 8 nitrogen and oxygen atoms in total. The molecular weight excluding hydrogens is 948 g/mol. The fraction of sp³-hybridized carbons (Fsp3) is 0.742. The lowest BCUT2D eigenvalue weighted by Gasteiger charge is -2.29. The summed E-state index contributed by atoms with van der Waals surface area (Å²) in [5.41, 5.74) is 0. The minimum absolute atomic E-state index is 0.00337. The van der Waals surface area contributed by atoms with Crippen molar-refractivity contribution in [2.24, 2.45) is 0 Å². The van der Waals surface area contributed by atoms with Crippen molar-refractivity contribution in [3.8, 4) is 0 Å². The van der Waals surface area contributed by atoms with Crippen molar-refractivity contribution in [3.05, 3.63) is 97.2 Å². The molecule has 3 unspecified atom stereocenters. The number of nitrogens with one attached hydrogen (secondary N) is 1. The van der Waals surface area contributed by atoms with E-state index in [0.29, 0.717) is 17.4 Å². The minimum atomic E-state index is -4.60. The lowest BCUT2D eigenvalue weighted by atomic mass is 10.0. The van der Waals surface area contributed by atoms with Gasteiger partial charge in [0, 0.05) is 6.42 Å². The average Bonchev–Trinajstić information content (AvgIpc) is 3.37. The van der Waals surface area contributed by atoms with Crippen LogP contribution in [0.2, 0.25) is 0 Å². The normalized spacial score (nSPS) is 14.5. The highest BCUT2D eigenvalue weighted by molar-refractivity contribution is 7.45. The molecule has 9 heteroatoms. The van der Waals surface area contributed by atoms with Crippen LogP contribution >= 0.6 is 7.82 Å². The maximum absolute atomic E-state index is 13.0. The number of nitrogens with zero attached hydrogens (tertiary/aromatic N) is 1. The van der Waals surface area contributed by atoms with Crippen molar-refractivity contribution in [2.75, 3.05) is 40.9 Å². The van der Waals surface area contributed by atoms with Gasteiger partial charge in [-0.25, -0.2) is 0 Å². The number of unbranched alkanes of at least 4 members (excludes halogenated alkanes) is 29. The third-order valence-electron chi connectivity index (χ3n) is 13.5. The second-order valence-electron chi connectivity index (χ2n) is 22.0. The van der Waals surface area contributed by atoms with E-state index in [1.54, 1.807) is 6.08 Å². The van der Waals surface area contributed by atoms with Crippen molar-refractivity contribution in [3.63, 3.8) is 0 Å². The average molecular weight is 1070 g/mol. The summed E-state index contributed by atoms with van der Waals surface area (Å²) < 4.78 is 23.4. The summed E-state index contributed by atoms with van der Waals surface area (Å²) in [5, 5.41) is 13.9. The van der Waals surface area contributed by atoms with Crippen molar-refractivity contribution < 1.29 is 32.9 Å². The van der Waals surface area contributed by atoms with Gasteiger partial charge in [-0.2, -0.15) is 0 Å². The molecule has 0 heterocycles. The summed E-state index contributed by atoms with van der Waals surface area (Å²) in [4.78, 5) is 25.5. The Balaban J connectivity index is 4.06. The first-order valence-corrected chi connectivity index (χ1v) is 32.6. The summed E-state index contributed by atoms with van der Waals surface area (Å²) >= 11 is 0. The van der Waals surface area contributed by atoms with Crippen LogP contribution in [0, 0.1) is 0 Å². The highest BCUT2D eigenvalue weighted by Gasteiger charge is 2.23. The van der Waals surface area contributed by atoms with Gasteiger partial charge in [0.25, 0.3) is 7.82 Å². The topological polar surface area (TPSA) is 108 Å². The molecule has 0 aliphatic heterocycles. The Hall–Kier alpha value is -2.58. The summed E-state index contributed by atoms with van der Waals surface area (Å²) in [6.45, 7) is 4.54. The maximum Gasteiger partial charge on any atom is 0.268 e. The molecule has 0 aromatic carbocycles. The molecule has 0 spiro atoms. The third kappa shape index (κ3) is 58.9. The molecule has 0 rings (SSSR count). The van der Waals surface area contributed by atoms with Crippen molar-refractivity contribution in [1.29, 1.82) is 0 Å². The molecule has 0 aliphatic carbocycles. The number of aliphatic hydroxyl groups excluding tert-OH is 1. The lowest BCUT2D eigenvalue weighted by Crippen LogP contribution is -2.45. The number of carbonyl (C=O) groups excluding carboxylic acids is 1. The molecule has 75 heavy (non-hydrogen) atoms. The van der Waals surface area contributed by atoms with Crippen molar-refractivity contribution >= 4 is 13.7 Å². The van der Waals surface area contributed by atoms with Gasteiger partial charge in [-0.15, -0.1) is 0 Å². The van der Waals surface area contributed by atoms with Gasteiger partial charge in [-0.3, -0.25) is 9.36 Å². The van der Waals surface area contributed by atoms with E-state index < -0.39 is 20.0 Å². The number of rotatable bonds is 56. The van der Waals surface area contributed by atoms with E-state index in [-0.39, 0.29) is 19.1 Å². The molecule has 0 aliphatic rings. The number of aliphatic hydroxyl groups is 1. The molecule has 0 bridgehead atoms. The van der Waals surface area contributed by atoms with E-state index >= 15 is 0 Å². The Kier molecular flexibility index (Phi) is 54.2. The number of hydrogen-bond acceptors (Lipinski definition) is 6. The quantitative estimate of drug-likeness (QED) is 0.0272. The zero-order chi connectivity index (χ0) is 54.9. The number of hydrogen-bond donors (Lipinski definition) is 2. The van der Waals surface area contributed by atoms with E-state index in [4.69, 9.17) is 9.05 Å². The molecule has 0 fully saturated rings. The standard InChI is InChI=1S/C66H119N2O6P/c1-6-8-10-12-14-16-18-20-22-24-25-26-27-28-29-30-31-32-33-34-35-36-37-38-39-40-41-42-43-44-46-48-50-52-54-56-58-60-66(70)67-64(63-74-75(71,72)73-62-61-68(3,4)5)65(69)59-57-55-53-51-49-47-45-23-21-19-17-15-13-11-9-7-2/h8,10,14,16,20,22,25-26,28-29,31-32,34-35,57,59,64-65,69H,6-7,9,11-13,15,17-19,21,23-24,27,30,33,36-56,58,60-63H2,1-5H3,(H-,67,70,71,72)/b10-8-,16-14-,22-20-,26-25-,29-28-,32-31-,35-34-,59-57+. The van der Waals surface area contributed by atoms with Crippen LogP contribution < -0.4 is 10.2 Å². The van der Waals surface area contributed by atoms with Crippen LogP contribution in [0.5, 0.6) is 0 Å². The zero-order valence-electron chi connectivity index (χ0n) is 49.5. The van der Waals surface area contributed by atoms with E-state index in [1.807, 2.05) is 27.2 Å². The van der Waals surface area contributed by atoms with Crippen LogP contribution in [-0.4, -0.2) is 68.5 Å². The predicted molar refractivity (Wildman–Crippen MR) is 325 cm³/mol. The second-order valence-corrected chi connectivity index (χ2v) is 23.4.